The maximum Gasteiger partial charge on any atom is 0.287 e. The van der Waals surface area contributed by atoms with E-state index in [1.165, 1.54) is 12.8 Å². The van der Waals surface area contributed by atoms with Crippen LogP contribution in [-0.4, -0.2) is 21.7 Å². The predicted molar refractivity (Wildman–Crippen MR) is 95.6 cm³/mol. The number of carbonyl (C=O) groups excluding carboxylic acids is 1. The molecule has 2 heterocycles. The Labute approximate surface area is 153 Å². The lowest BCUT2D eigenvalue weighted by atomic mass is 9.91. The van der Waals surface area contributed by atoms with Gasteiger partial charge in [-0.2, -0.15) is 5.10 Å². The Bertz CT molecular complexity index is 832. The number of aromatic nitrogens is 2. The van der Waals surface area contributed by atoms with E-state index in [0.717, 1.165) is 31.4 Å². The number of amides is 1. The molecule has 0 aliphatic heterocycles. The van der Waals surface area contributed by atoms with Gasteiger partial charge in [0.15, 0.2) is 10.4 Å². The smallest absolute Gasteiger partial charge is 0.287 e. The molecular weight excluding hydrogens is 386 g/mol. The Morgan fingerprint density at radius 3 is 2.52 bits per heavy atom. The molecule has 2 aliphatic carbocycles. The fourth-order valence-electron chi connectivity index (χ4n) is 3.46. The monoisotopic (exact) mass is 405 g/mol. The van der Waals surface area contributed by atoms with Gasteiger partial charge in [-0.15, -0.1) is 0 Å². The van der Waals surface area contributed by atoms with Crippen LogP contribution < -0.4 is 10.9 Å². The third kappa shape index (κ3) is 3.71. The molecule has 0 bridgehead atoms. The molecule has 4 rings (SSSR count). The van der Waals surface area contributed by atoms with Crippen molar-refractivity contribution in [3.05, 3.63) is 50.7 Å². The van der Waals surface area contributed by atoms with Crippen LogP contribution >= 0.6 is 15.9 Å². The number of halogens is 1. The van der Waals surface area contributed by atoms with E-state index >= 15 is 0 Å². The predicted octanol–water partition coefficient (Wildman–Crippen LogP) is 3.39. The highest BCUT2D eigenvalue weighted by molar-refractivity contribution is 9.10. The number of carbonyl (C=O) groups is 1. The molecule has 0 saturated heterocycles. The van der Waals surface area contributed by atoms with Gasteiger partial charge in [0.1, 0.15) is 0 Å². The summed E-state index contributed by atoms with van der Waals surface area (Å²) < 4.78 is 7.49. The molecule has 1 amide bonds. The van der Waals surface area contributed by atoms with Crippen molar-refractivity contribution in [2.45, 2.75) is 56.5 Å². The minimum atomic E-state index is -0.194. The summed E-state index contributed by atoms with van der Waals surface area (Å²) in [6.07, 6.45) is 5.70. The Morgan fingerprint density at radius 1 is 1.12 bits per heavy atom. The summed E-state index contributed by atoms with van der Waals surface area (Å²) in [5.41, 5.74) is 1.01. The van der Waals surface area contributed by atoms with Gasteiger partial charge in [-0.3, -0.25) is 9.59 Å². The number of hydrogen-bond acceptors (Lipinski definition) is 4. The van der Waals surface area contributed by atoms with Gasteiger partial charge in [-0.25, -0.2) is 4.68 Å². The van der Waals surface area contributed by atoms with Crippen molar-refractivity contribution in [3.8, 4) is 0 Å². The van der Waals surface area contributed by atoms with Gasteiger partial charge in [0, 0.05) is 18.0 Å². The molecule has 0 unspecified atom stereocenters. The summed E-state index contributed by atoms with van der Waals surface area (Å²) in [6.45, 7) is 0. The second-order valence-corrected chi connectivity index (χ2v) is 7.68. The van der Waals surface area contributed by atoms with E-state index in [4.69, 9.17) is 4.42 Å². The average Bonchev–Trinajstić information content (AvgIpc) is 3.37. The van der Waals surface area contributed by atoms with Crippen molar-refractivity contribution >= 4 is 21.8 Å². The third-order valence-corrected chi connectivity index (χ3v) is 5.44. The van der Waals surface area contributed by atoms with Crippen molar-refractivity contribution in [3.63, 3.8) is 0 Å². The number of nitrogens with zero attached hydrogens (tertiary/aromatic N) is 2. The molecule has 2 aromatic rings. The molecule has 132 valence electrons. The van der Waals surface area contributed by atoms with Crippen molar-refractivity contribution < 1.29 is 9.21 Å². The van der Waals surface area contributed by atoms with Crippen LogP contribution in [0.2, 0.25) is 0 Å². The van der Waals surface area contributed by atoms with Gasteiger partial charge in [0.25, 0.3) is 11.5 Å². The van der Waals surface area contributed by atoms with E-state index in [9.17, 15) is 9.59 Å². The molecule has 2 saturated carbocycles. The summed E-state index contributed by atoms with van der Waals surface area (Å²) in [4.78, 5) is 24.3. The first-order chi connectivity index (χ1) is 12.1. The summed E-state index contributed by atoms with van der Waals surface area (Å²) in [7, 11) is 0. The lowest BCUT2D eigenvalue weighted by Crippen LogP contribution is -2.39. The van der Waals surface area contributed by atoms with Crippen LogP contribution in [0.15, 0.2) is 38.1 Å². The van der Waals surface area contributed by atoms with Crippen LogP contribution in [0.25, 0.3) is 0 Å². The van der Waals surface area contributed by atoms with Gasteiger partial charge >= 0.3 is 0 Å². The van der Waals surface area contributed by atoms with E-state index in [1.54, 1.807) is 22.9 Å². The van der Waals surface area contributed by atoms with Gasteiger partial charge in [-0.05, 0) is 72.7 Å². The number of furan rings is 1. The van der Waals surface area contributed by atoms with Crippen LogP contribution in [0, 0.1) is 0 Å². The number of hydrogen-bond donors (Lipinski definition) is 1. The fourth-order valence-corrected chi connectivity index (χ4v) is 3.76. The molecule has 0 radical (unpaired) electrons. The lowest BCUT2D eigenvalue weighted by molar-refractivity contribution is 0.0892. The molecule has 2 aromatic heterocycles. The Balaban J connectivity index is 1.37. The van der Waals surface area contributed by atoms with E-state index in [2.05, 4.69) is 26.3 Å². The standard InChI is InChI=1S/C18H20BrN3O3/c19-16-9-8-15(25-16)18(24)20-12-3-5-13(6-4-12)22-17(23)10-7-14(21-22)11-1-2-11/h7-13H,1-6H2,(H,20,24). The van der Waals surface area contributed by atoms with Crippen LogP contribution in [0.5, 0.6) is 0 Å². The highest BCUT2D eigenvalue weighted by Crippen LogP contribution is 2.38. The zero-order chi connectivity index (χ0) is 17.4. The van der Waals surface area contributed by atoms with Gasteiger partial charge in [0.05, 0.1) is 11.7 Å². The molecule has 7 heteroatoms. The summed E-state index contributed by atoms with van der Waals surface area (Å²) in [5.74, 6) is 0.652. The highest BCUT2D eigenvalue weighted by Gasteiger charge is 2.29. The largest absolute Gasteiger partial charge is 0.444 e. The quantitative estimate of drug-likeness (QED) is 0.845. The number of nitrogens with one attached hydrogen (secondary N) is 1. The minimum Gasteiger partial charge on any atom is -0.444 e. The zero-order valence-electron chi connectivity index (χ0n) is 13.8. The second-order valence-electron chi connectivity index (χ2n) is 6.90. The molecule has 0 aromatic carbocycles. The van der Waals surface area contributed by atoms with Gasteiger partial charge < -0.3 is 9.73 Å². The first kappa shape index (κ1) is 16.6. The maximum atomic E-state index is 12.2. The van der Waals surface area contributed by atoms with Crippen LogP contribution in [0.3, 0.4) is 0 Å². The van der Waals surface area contributed by atoms with Crippen molar-refractivity contribution in [2.24, 2.45) is 0 Å². The second kappa shape index (κ2) is 6.78. The molecular formula is C18H20BrN3O3. The van der Waals surface area contributed by atoms with E-state index in [-0.39, 0.29) is 23.6 Å². The van der Waals surface area contributed by atoms with Gasteiger partial charge in [-0.1, -0.05) is 0 Å². The first-order valence-corrected chi connectivity index (χ1v) is 9.55. The molecule has 0 spiro atoms. The average molecular weight is 406 g/mol. The summed E-state index contributed by atoms with van der Waals surface area (Å²) >= 11 is 3.20. The topological polar surface area (TPSA) is 77.1 Å². The highest BCUT2D eigenvalue weighted by atomic mass is 79.9. The Hall–Kier alpha value is -1.89. The van der Waals surface area contributed by atoms with Crippen molar-refractivity contribution in [1.82, 2.24) is 15.1 Å². The van der Waals surface area contributed by atoms with Crippen LogP contribution in [0.1, 0.15) is 66.7 Å². The Kier molecular flexibility index (Phi) is 4.50. The molecule has 25 heavy (non-hydrogen) atoms. The fraction of sp³-hybridized carbons (Fsp3) is 0.500. The van der Waals surface area contributed by atoms with E-state index < -0.39 is 0 Å². The Morgan fingerprint density at radius 2 is 1.88 bits per heavy atom. The first-order valence-electron chi connectivity index (χ1n) is 8.76. The zero-order valence-corrected chi connectivity index (χ0v) is 15.4. The minimum absolute atomic E-state index is 0.0303. The molecule has 2 fully saturated rings. The van der Waals surface area contributed by atoms with Crippen LogP contribution in [0.4, 0.5) is 0 Å². The van der Waals surface area contributed by atoms with Crippen molar-refractivity contribution in [1.29, 1.82) is 0 Å². The lowest BCUT2D eigenvalue weighted by Gasteiger charge is -2.29. The maximum absolute atomic E-state index is 12.2. The third-order valence-electron chi connectivity index (χ3n) is 5.02. The summed E-state index contributed by atoms with van der Waals surface area (Å²) in [6, 6.07) is 7.09. The number of rotatable bonds is 4. The van der Waals surface area contributed by atoms with E-state index in [1.807, 2.05) is 6.07 Å². The van der Waals surface area contributed by atoms with Crippen LogP contribution in [-0.2, 0) is 0 Å². The SMILES string of the molecule is O=C(NC1CCC(n2nc(C3CC3)ccc2=O)CC1)c1ccc(Br)o1. The molecule has 6 nitrogen and oxygen atoms in total. The van der Waals surface area contributed by atoms with Gasteiger partial charge in [0.2, 0.25) is 0 Å². The molecule has 2 aliphatic rings. The molecule has 1 N–H and O–H groups in total. The van der Waals surface area contributed by atoms with E-state index in [0.29, 0.717) is 16.3 Å². The normalized spacial score (nSPS) is 23.4. The molecule has 0 atom stereocenters. The van der Waals surface area contributed by atoms with Crippen molar-refractivity contribution in [2.75, 3.05) is 0 Å². The summed E-state index contributed by atoms with van der Waals surface area (Å²) in [5, 5.41) is 7.60.